The Bertz CT molecular complexity index is 1400. The van der Waals surface area contributed by atoms with Crippen LogP contribution < -0.4 is 14.8 Å². The zero-order valence-corrected chi connectivity index (χ0v) is 25.8. The number of nitrogens with one attached hydrogen (secondary N) is 1. The molecule has 9 nitrogen and oxygen atoms in total. The maximum atomic E-state index is 13.0. The van der Waals surface area contributed by atoms with Crippen LogP contribution in [0.1, 0.15) is 87.7 Å². The topological polar surface area (TPSA) is 118 Å². The third-order valence-corrected chi connectivity index (χ3v) is 10.2. The smallest absolute Gasteiger partial charge is 0.417 e. The summed E-state index contributed by atoms with van der Waals surface area (Å²) < 4.78 is 17.7. The van der Waals surface area contributed by atoms with Crippen molar-refractivity contribution in [2.45, 2.75) is 108 Å². The molecular formula is C34H44N2O7. The first-order valence-electron chi connectivity index (χ1n) is 15.6. The summed E-state index contributed by atoms with van der Waals surface area (Å²) in [6.45, 7) is 11.3. The molecule has 2 aromatic carbocycles. The maximum Gasteiger partial charge on any atom is 0.417 e. The molecule has 2 aliphatic carbocycles. The summed E-state index contributed by atoms with van der Waals surface area (Å²) in [5, 5.41) is 26.5. The third kappa shape index (κ3) is 5.09. The molecule has 2 heterocycles. The number of hydrogen-bond donors (Lipinski definition) is 3. The summed E-state index contributed by atoms with van der Waals surface area (Å²) in [4.78, 5) is 27.8. The van der Waals surface area contributed by atoms with Gasteiger partial charge in [-0.15, -0.1) is 0 Å². The number of nitrogens with zero attached hydrogens (tertiary/aromatic N) is 1. The van der Waals surface area contributed by atoms with Crippen LogP contribution in [0.2, 0.25) is 0 Å². The van der Waals surface area contributed by atoms with Crippen LogP contribution in [0.5, 0.6) is 11.5 Å². The Morgan fingerprint density at radius 1 is 1.09 bits per heavy atom. The average molecular weight is 593 g/mol. The molecule has 2 aromatic rings. The molecular weight excluding hydrogens is 548 g/mol. The van der Waals surface area contributed by atoms with E-state index in [1.807, 2.05) is 13.0 Å². The average Bonchev–Trinajstić information content (AvgIpc) is 3.28. The highest BCUT2D eigenvalue weighted by molar-refractivity contribution is 5.91. The molecule has 43 heavy (non-hydrogen) atoms. The largest absolute Gasteiger partial charge is 0.482 e. The van der Waals surface area contributed by atoms with E-state index in [4.69, 9.17) is 14.2 Å². The molecule has 2 aliphatic heterocycles. The van der Waals surface area contributed by atoms with Gasteiger partial charge < -0.3 is 24.4 Å². The second-order valence-electron chi connectivity index (χ2n) is 13.9. The SMILES string of the molecule is Cc1ccc(OC(=O)Nc2ccc(C(=O)OC(C)(C)C)cc2)c2c1C13CCN(CC4CCC4)C(C)C1(O)CCC(O)C3O2. The van der Waals surface area contributed by atoms with Crippen LogP contribution in [0.4, 0.5) is 10.5 Å². The van der Waals surface area contributed by atoms with Gasteiger partial charge in [0.25, 0.3) is 0 Å². The first kappa shape index (κ1) is 29.9. The van der Waals surface area contributed by atoms with Crippen molar-refractivity contribution in [1.29, 1.82) is 0 Å². The Hall–Kier alpha value is -3.14. The van der Waals surface area contributed by atoms with Gasteiger partial charge in [-0.25, -0.2) is 9.59 Å². The maximum absolute atomic E-state index is 13.0. The van der Waals surface area contributed by atoms with Crippen LogP contribution in [0.15, 0.2) is 36.4 Å². The Kier molecular flexibility index (Phi) is 7.50. The molecule has 5 atom stereocenters. The second kappa shape index (κ2) is 10.8. The van der Waals surface area contributed by atoms with Gasteiger partial charge in [0.05, 0.1) is 22.7 Å². The Balaban J connectivity index is 1.24. The fraction of sp³-hybridized carbons (Fsp3) is 0.588. The Labute approximate surface area is 253 Å². The van der Waals surface area contributed by atoms with E-state index in [-0.39, 0.29) is 11.8 Å². The lowest BCUT2D eigenvalue weighted by Gasteiger charge is -2.61. The predicted molar refractivity (Wildman–Crippen MR) is 162 cm³/mol. The molecule has 0 radical (unpaired) electrons. The van der Waals surface area contributed by atoms with Gasteiger partial charge >= 0.3 is 12.1 Å². The van der Waals surface area contributed by atoms with Gasteiger partial charge in [0.1, 0.15) is 11.7 Å². The van der Waals surface area contributed by atoms with E-state index in [0.717, 1.165) is 24.2 Å². The molecule has 1 amide bonds. The summed E-state index contributed by atoms with van der Waals surface area (Å²) >= 11 is 0. The van der Waals surface area contributed by atoms with Gasteiger partial charge in [-0.3, -0.25) is 10.2 Å². The lowest BCUT2D eigenvalue weighted by atomic mass is 9.52. The van der Waals surface area contributed by atoms with E-state index in [9.17, 15) is 19.8 Å². The van der Waals surface area contributed by atoms with Crippen LogP contribution in [0.25, 0.3) is 0 Å². The minimum atomic E-state index is -1.11. The van der Waals surface area contributed by atoms with E-state index < -0.39 is 40.9 Å². The molecule has 0 aromatic heterocycles. The number of aliphatic hydroxyl groups excluding tert-OH is 1. The highest BCUT2D eigenvalue weighted by atomic mass is 16.6. The molecule has 2 saturated carbocycles. The standard InChI is InChI=1S/C34H44N2O7/c1-20-9-14-26(41-31(39)35-24-12-10-23(11-13-24)30(38)43-32(3,4)5)28-27(20)33-17-18-36(19-22-7-6-8-22)21(2)34(33,40)16-15-25(37)29(33)42-28/h9-14,21-22,25,29,37,40H,6-8,15-19H2,1-5H3,(H,35,39). The quantitative estimate of drug-likeness (QED) is 0.399. The number of carbonyl (C=O) groups excluding carboxylic acids is 2. The highest BCUT2D eigenvalue weighted by Gasteiger charge is 2.70. The highest BCUT2D eigenvalue weighted by Crippen LogP contribution is 2.62. The number of esters is 1. The van der Waals surface area contributed by atoms with Crippen molar-refractivity contribution in [3.63, 3.8) is 0 Å². The number of carbonyl (C=O) groups is 2. The van der Waals surface area contributed by atoms with Crippen molar-refractivity contribution in [2.75, 3.05) is 18.4 Å². The zero-order valence-electron chi connectivity index (χ0n) is 25.8. The van der Waals surface area contributed by atoms with Crippen LogP contribution >= 0.6 is 0 Å². The van der Waals surface area contributed by atoms with E-state index in [1.54, 1.807) is 51.1 Å². The van der Waals surface area contributed by atoms with Gasteiger partial charge in [-0.1, -0.05) is 12.5 Å². The van der Waals surface area contributed by atoms with Gasteiger partial charge in [0.15, 0.2) is 11.5 Å². The predicted octanol–water partition coefficient (Wildman–Crippen LogP) is 5.34. The molecule has 3 N–H and O–H groups in total. The first-order valence-corrected chi connectivity index (χ1v) is 15.6. The molecule has 0 bridgehead atoms. The fourth-order valence-electron chi connectivity index (χ4n) is 7.80. The van der Waals surface area contributed by atoms with Crippen LogP contribution in [-0.2, 0) is 10.2 Å². The second-order valence-corrected chi connectivity index (χ2v) is 13.9. The van der Waals surface area contributed by atoms with Crippen molar-refractivity contribution < 1.29 is 34.0 Å². The normalized spacial score (nSPS) is 30.3. The number of rotatable bonds is 5. The molecule has 3 fully saturated rings. The van der Waals surface area contributed by atoms with Crippen molar-refractivity contribution in [3.8, 4) is 11.5 Å². The summed E-state index contributed by atoms with van der Waals surface area (Å²) in [5.74, 6) is 0.900. The zero-order chi connectivity index (χ0) is 30.7. The van der Waals surface area contributed by atoms with Crippen LogP contribution in [0, 0.1) is 12.8 Å². The minimum absolute atomic E-state index is 0.109. The van der Waals surface area contributed by atoms with Crippen molar-refractivity contribution in [3.05, 3.63) is 53.1 Å². The number of hydrogen-bond acceptors (Lipinski definition) is 8. The van der Waals surface area contributed by atoms with Crippen molar-refractivity contribution >= 4 is 17.7 Å². The molecule has 1 saturated heterocycles. The molecule has 6 rings (SSSR count). The van der Waals surface area contributed by atoms with Gasteiger partial charge in [-0.2, -0.15) is 0 Å². The number of ether oxygens (including phenoxy) is 3. The van der Waals surface area contributed by atoms with E-state index in [0.29, 0.717) is 42.2 Å². The lowest BCUT2D eigenvalue weighted by molar-refractivity contribution is -0.201. The molecule has 4 aliphatic rings. The molecule has 9 heteroatoms. The molecule has 1 spiro atoms. The summed E-state index contributed by atoms with van der Waals surface area (Å²) in [6.07, 6.45) is 3.23. The van der Waals surface area contributed by atoms with Gasteiger partial charge in [0.2, 0.25) is 0 Å². The molecule has 5 unspecified atom stereocenters. The van der Waals surface area contributed by atoms with Gasteiger partial charge in [-0.05, 0) is 115 Å². The number of likely N-dealkylation sites (tertiary alicyclic amines) is 1. The number of aryl methyl sites for hydroxylation is 1. The Morgan fingerprint density at radius 3 is 2.47 bits per heavy atom. The number of aliphatic hydroxyl groups is 2. The summed E-state index contributed by atoms with van der Waals surface area (Å²) in [7, 11) is 0. The van der Waals surface area contributed by atoms with E-state index >= 15 is 0 Å². The lowest BCUT2D eigenvalue weighted by Crippen LogP contribution is -2.74. The third-order valence-electron chi connectivity index (χ3n) is 10.2. The van der Waals surface area contributed by atoms with Gasteiger partial charge in [0, 0.05) is 23.8 Å². The summed E-state index contributed by atoms with van der Waals surface area (Å²) in [5.41, 5.74) is 0.0722. The van der Waals surface area contributed by atoms with Crippen LogP contribution in [-0.4, -0.2) is 69.7 Å². The van der Waals surface area contributed by atoms with E-state index in [1.165, 1.54) is 19.3 Å². The fourth-order valence-corrected chi connectivity index (χ4v) is 7.80. The van der Waals surface area contributed by atoms with E-state index in [2.05, 4.69) is 17.1 Å². The van der Waals surface area contributed by atoms with Crippen molar-refractivity contribution in [2.24, 2.45) is 5.92 Å². The number of amides is 1. The monoisotopic (exact) mass is 592 g/mol. The van der Waals surface area contributed by atoms with Crippen molar-refractivity contribution in [1.82, 2.24) is 4.90 Å². The number of fused-ring (bicyclic) bond motifs is 1. The number of anilines is 1. The molecule has 232 valence electrons. The summed E-state index contributed by atoms with van der Waals surface area (Å²) in [6, 6.07) is 9.88. The first-order chi connectivity index (χ1) is 20.3. The minimum Gasteiger partial charge on any atom is -0.482 e. The number of piperidine rings is 1. The van der Waals surface area contributed by atoms with Crippen LogP contribution in [0.3, 0.4) is 0 Å². The number of benzene rings is 2. The Morgan fingerprint density at radius 2 is 1.81 bits per heavy atom.